The summed E-state index contributed by atoms with van der Waals surface area (Å²) in [5.41, 5.74) is 0.928. The number of hydrogen-bond donors (Lipinski definition) is 1. The van der Waals surface area contributed by atoms with Crippen LogP contribution in [0.15, 0.2) is 24.5 Å². The molecule has 1 saturated heterocycles. The third kappa shape index (κ3) is 5.85. The third-order valence-corrected chi connectivity index (χ3v) is 7.19. The molecule has 8 nitrogen and oxygen atoms in total. The first kappa shape index (κ1) is 27.6. The van der Waals surface area contributed by atoms with Crippen molar-refractivity contribution in [3.63, 3.8) is 0 Å². The van der Waals surface area contributed by atoms with E-state index in [1.807, 2.05) is 50.8 Å². The number of amides is 3. The van der Waals surface area contributed by atoms with Gasteiger partial charge in [0.1, 0.15) is 5.60 Å². The van der Waals surface area contributed by atoms with Gasteiger partial charge in [0.2, 0.25) is 18.2 Å². The fourth-order valence-corrected chi connectivity index (χ4v) is 5.30. The van der Waals surface area contributed by atoms with E-state index in [1.54, 1.807) is 18.2 Å². The van der Waals surface area contributed by atoms with E-state index in [1.165, 1.54) is 0 Å². The first-order valence-corrected chi connectivity index (χ1v) is 13.1. The molecule has 4 atom stereocenters. The molecule has 3 aliphatic rings. The molecule has 3 heterocycles. The largest absolute Gasteiger partial charge is 0.480 e. The van der Waals surface area contributed by atoms with Crippen LogP contribution >= 0.6 is 0 Å². The monoisotopic (exact) mass is 499 g/mol. The van der Waals surface area contributed by atoms with Crippen LogP contribution in [0.3, 0.4) is 0 Å². The Balaban J connectivity index is 0.00000176. The van der Waals surface area contributed by atoms with Crippen molar-refractivity contribution in [2.24, 2.45) is 5.92 Å². The van der Waals surface area contributed by atoms with Gasteiger partial charge >= 0.3 is 0 Å². The van der Waals surface area contributed by atoms with Crippen molar-refractivity contribution in [1.29, 1.82) is 0 Å². The van der Waals surface area contributed by atoms with E-state index in [-0.39, 0.29) is 23.9 Å². The smallest absolute Gasteiger partial charge is 0.232 e. The summed E-state index contributed by atoms with van der Waals surface area (Å²) in [7, 11) is 1.73. The van der Waals surface area contributed by atoms with Crippen molar-refractivity contribution < 1.29 is 23.9 Å². The highest BCUT2D eigenvalue weighted by Crippen LogP contribution is 2.48. The lowest BCUT2D eigenvalue weighted by molar-refractivity contribution is -0.138. The number of carbonyl (C=O) groups is 3. The van der Waals surface area contributed by atoms with Crippen molar-refractivity contribution in [3.05, 3.63) is 30.0 Å². The zero-order valence-corrected chi connectivity index (χ0v) is 22.7. The Morgan fingerprint density at radius 2 is 1.97 bits per heavy atom. The number of carbonyl (C=O) groups excluding carboxylic acids is 3. The summed E-state index contributed by atoms with van der Waals surface area (Å²) >= 11 is 0. The molecule has 0 aliphatic carbocycles. The third-order valence-electron chi connectivity index (χ3n) is 7.19. The molecule has 198 valence electrons. The molecule has 0 bridgehead atoms. The number of nitrogens with one attached hydrogen (secondary N) is 1. The van der Waals surface area contributed by atoms with Gasteiger partial charge < -0.3 is 24.6 Å². The fraction of sp³-hybridized carbons (Fsp3) is 0.607. The Kier molecular flexibility index (Phi) is 8.69. The van der Waals surface area contributed by atoms with Crippen LogP contribution in [-0.4, -0.2) is 59.3 Å². The minimum absolute atomic E-state index is 0.125. The molecule has 1 N–H and O–H groups in total. The van der Waals surface area contributed by atoms with E-state index < -0.39 is 11.5 Å². The first-order chi connectivity index (χ1) is 17.1. The fourth-order valence-electron chi connectivity index (χ4n) is 5.30. The second-order valence-electron chi connectivity index (χ2n) is 10.5. The zero-order chi connectivity index (χ0) is 26.6. The minimum Gasteiger partial charge on any atom is -0.480 e. The van der Waals surface area contributed by atoms with Crippen LogP contribution in [0.5, 0.6) is 11.5 Å². The van der Waals surface area contributed by atoms with Gasteiger partial charge in [-0.2, -0.15) is 0 Å². The van der Waals surface area contributed by atoms with Crippen LogP contribution in [-0.2, 0) is 14.4 Å². The van der Waals surface area contributed by atoms with Gasteiger partial charge in [0.05, 0.1) is 17.9 Å². The highest BCUT2D eigenvalue weighted by atomic mass is 16.5. The van der Waals surface area contributed by atoms with Crippen LogP contribution in [0.4, 0.5) is 5.69 Å². The molecule has 3 unspecified atom stereocenters. The van der Waals surface area contributed by atoms with Gasteiger partial charge in [-0.05, 0) is 63.7 Å². The summed E-state index contributed by atoms with van der Waals surface area (Å²) in [6.07, 6.45) is 6.83. The van der Waals surface area contributed by atoms with E-state index >= 15 is 0 Å². The number of anilines is 1. The zero-order valence-electron chi connectivity index (χ0n) is 22.7. The summed E-state index contributed by atoms with van der Waals surface area (Å²) in [5.74, 6) is 1.08. The molecular formula is C28H41N3O5. The predicted octanol–water partition coefficient (Wildman–Crippen LogP) is 4.70. The molecule has 36 heavy (non-hydrogen) atoms. The van der Waals surface area contributed by atoms with Crippen LogP contribution in [0.1, 0.15) is 78.7 Å². The second-order valence-corrected chi connectivity index (χ2v) is 10.5. The van der Waals surface area contributed by atoms with Gasteiger partial charge in [0.25, 0.3) is 0 Å². The molecule has 0 saturated carbocycles. The number of piperidine rings is 1. The molecule has 8 heteroatoms. The Morgan fingerprint density at radius 3 is 2.64 bits per heavy atom. The maximum Gasteiger partial charge on any atom is 0.232 e. The van der Waals surface area contributed by atoms with Crippen molar-refractivity contribution in [2.45, 2.75) is 90.8 Å². The van der Waals surface area contributed by atoms with Crippen LogP contribution in [0.2, 0.25) is 0 Å². The number of likely N-dealkylation sites (tertiary alicyclic amines) is 1. The normalized spacial score (nSPS) is 24.6. The summed E-state index contributed by atoms with van der Waals surface area (Å²) in [5, 5.41) is 2.97. The maximum atomic E-state index is 13.0. The summed E-state index contributed by atoms with van der Waals surface area (Å²) < 4.78 is 11.9. The van der Waals surface area contributed by atoms with Crippen molar-refractivity contribution in [2.75, 3.05) is 18.9 Å². The highest BCUT2D eigenvalue weighted by molar-refractivity contribution is 6.05. The minimum atomic E-state index is -0.528. The predicted molar refractivity (Wildman–Crippen MR) is 140 cm³/mol. The van der Waals surface area contributed by atoms with E-state index in [4.69, 9.17) is 9.47 Å². The van der Waals surface area contributed by atoms with Crippen molar-refractivity contribution in [1.82, 2.24) is 9.80 Å². The number of hydrogen-bond acceptors (Lipinski definition) is 5. The molecule has 4 rings (SSSR count). The van der Waals surface area contributed by atoms with E-state index in [0.717, 1.165) is 18.4 Å². The molecule has 0 aromatic heterocycles. The van der Waals surface area contributed by atoms with Gasteiger partial charge in [0, 0.05) is 32.1 Å². The second kappa shape index (κ2) is 11.4. The van der Waals surface area contributed by atoms with Gasteiger partial charge in [0.15, 0.2) is 11.5 Å². The molecule has 1 aromatic carbocycles. The lowest BCUT2D eigenvalue weighted by Gasteiger charge is -2.38. The van der Waals surface area contributed by atoms with Crippen LogP contribution in [0.25, 0.3) is 0 Å². The quantitative estimate of drug-likeness (QED) is 0.550. The van der Waals surface area contributed by atoms with E-state index in [0.29, 0.717) is 48.9 Å². The van der Waals surface area contributed by atoms with Gasteiger partial charge in [-0.3, -0.25) is 14.4 Å². The summed E-state index contributed by atoms with van der Waals surface area (Å²) in [6.45, 7) is 12.6. The van der Waals surface area contributed by atoms with Crippen LogP contribution in [0, 0.1) is 5.92 Å². The molecule has 3 aliphatic heterocycles. The van der Waals surface area contributed by atoms with E-state index in [2.05, 4.69) is 19.2 Å². The van der Waals surface area contributed by atoms with E-state index in [9.17, 15) is 14.4 Å². The van der Waals surface area contributed by atoms with Gasteiger partial charge in [-0.25, -0.2) is 0 Å². The number of rotatable bonds is 7. The van der Waals surface area contributed by atoms with Gasteiger partial charge in [-0.1, -0.05) is 26.8 Å². The Bertz CT molecular complexity index is 1010. The van der Waals surface area contributed by atoms with Gasteiger partial charge in [-0.15, -0.1) is 0 Å². The summed E-state index contributed by atoms with van der Waals surface area (Å²) in [6, 6.07) is 3.73. The Hall–Kier alpha value is -3.03. The maximum absolute atomic E-state index is 13.0. The highest BCUT2D eigenvalue weighted by Gasteiger charge is 2.38. The number of fused-ring (bicyclic) bond motifs is 3. The molecule has 1 aromatic rings. The number of benzene rings is 1. The SMILES string of the molecule is CC.CC1C[C@H](C)CC(=O)N1CCC(CC1C(=O)Nc2c1ccc1c2OC=CC(C)(C)O1)N(C)C=O. The van der Waals surface area contributed by atoms with Crippen LogP contribution < -0.4 is 14.8 Å². The summed E-state index contributed by atoms with van der Waals surface area (Å²) in [4.78, 5) is 40.8. The average molecular weight is 500 g/mol. The van der Waals surface area contributed by atoms with Crippen molar-refractivity contribution in [3.8, 4) is 11.5 Å². The molecular weight excluding hydrogens is 458 g/mol. The van der Waals surface area contributed by atoms with Crippen molar-refractivity contribution >= 4 is 23.9 Å². The Morgan fingerprint density at radius 1 is 1.25 bits per heavy atom. The lowest BCUT2D eigenvalue weighted by atomic mass is 9.90. The molecule has 1 fully saturated rings. The number of ether oxygens (including phenoxy) is 2. The Labute approximate surface area is 215 Å². The molecule has 3 amide bonds. The molecule has 0 radical (unpaired) electrons. The molecule has 0 spiro atoms. The standard InChI is InChI=1S/C26H35N3O5.C2H6/c1-16-12-17(2)29(22(31)13-16)10-8-18(28(5)15-30)14-20-19-6-7-21-24(23(19)27-25(20)32)33-11-9-26(3,4)34-21;1-2/h6-7,9,11,15-18,20H,8,10,12-14H2,1-5H3,(H,27,32);1-2H3/t16-,17?,18?,20?;/m0./s1. The first-order valence-electron chi connectivity index (χ1n) is 13.1. The average Bonchev–Trinajstić information content (AvgIpc) is 3.04. The topological polar surface area (TPSA) is 88.2 Å². The number of nitrogens with zero attached hydrogens (tertiary/aromatic N) is 2. The lowest BCUT2D eigenvalue weighted by Crippen LogP contribution is -2.46.